The normalized spacial score (nSPS) is 24.5. The second kappa shape index (κ2) is 8.56. The summed E-state index contributed by atoms with van der Waals surface area (Å²) in [5.74, 6) is -6.95. The number of aliphatic hydroxyl groups excluding tert-OH is 2. The zero-order valence-electron chi connectivity index (χ0n) is 20.7. The van der Waals surface area contributed by atoms with Gasteiger partial charge in [-0.25, -0.2) is 0 Å². The third-order valence-electron chi connectivity index (χ3n) is 7.77. The monoisotopic (exact) mass is 518 g/mol. The predicted molar refractivity (Wildman–Crippen MR) is 135 cm³/mol. The minimum atomic E-state index is -2.61. The Morgan fingerprint density at radius 3 is 2.42 bits per heavy atom. The minimum Gasteiger partial charge on any atom is -0.508 e. The Morgan fingerprint density at radius 1 is 1.05 bits per heavy atom. The van der Waals surface area contributed by atoms with Crippen molar-refractivity contribution in [3.63, 3.8) is 0 Å². The summed E-state index contributed by atoms with van der Waals surface area (Å²) in [5.41, 5.74) is 3.83. The van der Waals surface area contributed by atoms with Gasteiger partial charge in [0.15, 0.2) is 11.4 Å². The van der Waals surface area contributed by atoms with Crippen LogP contribution < -0.4 is 5.73 Å². The molecule has 0 aromatic heterocycles. The van der Waals surface area contributed by atoms with Gasteiger partial charge in [-0.3, -0.25) is 19.2 Å². The van der Waals surface area contributed by atoms with Gasteiger partial charge in [0.2, 0.25) is 5.78 Å². The van der Waals surface area contributed by atoms with E-state index in [1.807, 2.05) is 0 Å². The first-order chi connectivity index (χ1) is 17.9. The maximum absolute atomic E-state index is 13.6. The molecule has 38 heavy (non-hydrogen) atoms. The van der Waals surface area contributed by atoms with Crippen molar-refractivity contribution in [2.24, 2.45) is 17.6 Å². The summed E-state index contributed by atoms with van der Waals surface area (Å²) in [4.78, 5) is 51.9. The number of hydrogen-bond acceptors (Lipinski definition) is 8. The van der Waals surface area contributed by atoms with Crippen molar-refractivity contribution >= 4 is 29.1 Å². The number of primary amides is 1. The van der Waals surface area contributed by atoms with E-state index < -0.39 is 52.0 Å². The van der Waals surface area contributed by atoms with Crippen LogP contribution in [0.2, 0.25) is 0 Å². The van der Waals surface area contributed by atoms with E-state index in [0.717, 1.165) is 0 Å². The van der Waals surface area contributed by atoms with E-state index >= 15 is 0 Å². The first kappa shape index (κ1) is 25.2. The molecular formula is C28H26N2O8. The van der Waals surface area contributed by atoms with Crippen LogP contribution in [0.3, 0.4) is 0 Å². The van der Waals surface area contributed by atoms with Crippen molar-refractivity contribution in [3.05, 3.63) is 70.0 Å². The number of ketones is 2. The number of fused-ring (bicyclic) bond motifs is 3. The third kappa shape index (κ3) is 3.44. The lowest BCUT2D eigenvalue weighted by molar-refractivity contribution is -0.147. The van der Waals surface area contributed by atoms with E-state index in [1.54, 1.807) is 44.4 Å². The second-order valence-corrected chi connectivity index (χ2v) is 10.2. The summed E-state index contributed by atoms with van der Waals surface area (Å²) in [6.07, 6.45) is -0.176. The number of Topliss-reactive ketones (excluding diaryl/α,β-unsaturated/α-hetero) is 2. The van der Waals surface area contributed by atoms with Crippen LogP contribution in [0.15, 0.2) is 53.3 Å². The number of aromatic hydroxyl groups is 1. The van der Waals surface area contributed by atoms with E-state index in [0.29, 0.717) is 22.3 Å². The van der Waals surface area contributed by atoms with Crippen molar-refractivity contribution in [2.75, 3.05) is 14.1 Å². The Balaban J connectivity index is 1.67. The molecule has 5 rings (SSSR count). The molecule has 0 bridgehead atoms. The maximum atomic E-state index is 13.6. The van der Waals surface area contributed by atoms with Gasteiger partial charge >= 0.3 is 0 Å². The lowest BCUT2D eigenvalue weighted by Crippen LogP contribution is -2.58. The van der Waals surface area contributed by atoms with E-state index in [-0.39, 0.29) is 42.1 Å². The van der Waals surface area contributed by atoms with Gasteiger partial charge in [0, 0.05) is 37.6 Å². The number of nitrogens with zero attached hydrogens (tertiary/aromatic N) is 1. The zero-order chi connectivity index (χ0) is 27.7. The maximum Gasteiger partial charge on any atom is 0.255 e. The van der Waals surface area contributed by atoms with E-state index in [2.05, 4.69) is 0 Å². The Morgan fingerprint density at radius 2 is 1.76 bits per heavy atom. The van der Waals surface area contributed by atoms with Crippen LogP contribution in [0.1, 0.15) is 34.3 Å². The fourth-order valence-corrected chi connectivity index (χ4v) is 5.97. The van der Waals surface area contributed by atoms with Crippen molar-refractivity contribution in [2.45, 2.75) is 24.9 Å². The van der Waals surface area contributed by atoms with Gasteiger partial charge < -0.3 is 31.1 Å². The fourth-order valence-electron chi connectivity index (χ4n) is 5.97. The molecule has 2 aromatic rings. The van der Waals surface area contributed by atoms with Crippen LogP contribution in [0.5, 0.6) is 5.75 Å². The number of benzene rings is 2. The minimum absolute atomic E-state index is 0.000955. The molecule has 3 aliphatic rings. The highest BCUT2D eigenvalue weighted by Gasteiger charge is 2.60. The molecule has 0 saturated heterocycles. The highest BCUT2D eigenvalue weighted by Crippen LogP contribution is 2.53. The number of hydrogen-bond donors (Lipinski definition) is 5. The number of amides is 2. The fraction of sp³-hybridized carbons (Fsp3) is 0.286. The molecule has 1 saturated carbocycles. The molecule has 10 nitrogen and oxygen atoms in total. The highest BCUT2D eigenvalue weighted by molar-refractivity contribution is 6.22. The molecule has 3 unspecified atom stereocenters. The first-order valence-corrected chi connectivity index (χ1v) is 12.0. The molecule has 0 spiro atoms. The van der Waals surface area contributed by atoms with Crippen LogP contribution in [-0.2, 0) is 20.8 Å². The van der Waals surface area contributed by atoms with E-state index in [4.69, 9.17) is 5.73 Å². The van der Waals surface area contributed by atoms with Gasteiger partial charge in [0.1, 0.15) is 22.8 Å². The van der Waals surface area contributed by atoms with Crippen molar-refractivity contribution in [3.8, 4) is 16.9 Å². The summed E-state index contributed by atoms with van der Waals surface area (Å²) < 4.78 is 0. The number of aliphatic hydroxyl groups is 3. The molecule has 10 heteroatoms. The third-order valence-corrected chi connectivity index (χ3v) is 7.77. The molecule has 0 aliphatic heterocycles. The van der Waals surface area contributed by atoms with E-state index in [9.17, 15) is 39.6 Å². The lowest BCUT2D eigenvalue weighted by atomic mass is 9.59. The van der Waals surface area contributed by atoms with Gasteiger partial charge in [-0.1, -0.05) is 18.2 Å². The molecule has 2 aromatic carbocycles. The molecule has 1 fully saturated rings. The van der Waals surface area contributed by atoms with Gasteiger partial charge in [-0.15, -0.1) is 0 Å². The quantitative estimate of drug-likeness (QED) is 0.382. The largest absolute Gasteiger partial charge is 0.508 e. The molecule has 0 radical (unpaired) electrons. The Bertz CT molecular complexity index is 1520. The number of phenolic OH excluding ortho intramolecular Hbond substituents is 1. The smallest absolute Gasteiger partial charge is 0.255 e. The molecule has 6 N–H and O–H groups in total. The van der Waals surface area contributed by atoms with Gasteiger partial charge in [0.05, 0.1) is 5.56 Å². The summed E-state index contributed by atoms with van der Waals surface area (Å²) in [6.45, 7) is 0. The summed E-state index contributed by atoms with van der Waals surface area (Å²) in [5, 5.41) is 44.0. The summed E-state index contributed by atoms with van der Waals surface area (Å²) >= 11 is 0. The molecular weight excluding hydrogens is 492 g/mol. The number of rotatable bonds is 3. The summed E-state index contributed by atoms with van der Waals surface area (Å²) in [7, 11) is 3.27. The average Bonchev–Trinajstić information content (AvgIpc) is 2.85. The standard InChI is InChI=1S/C28H26N2O8/c1-30(2)27(37)13-5-3-4-12(8-13)16-6-7-18(31)21-17(16)10-14-9-15-11-19(32)22(26(29)36)25(35)28(15,38)24(34)20(14)23(21)33/h3-8,14-15,31,33,35,38H,9-11H2,1-2H3,(H2,29,36). The summed E-state index contributed by atoms with van der Waals surface area (Å²) in [6, 6.07) is 9.90. The highest BCUT2D eigenvalue weighted by atomic mass is 16.3. The Kier molecular flexibility index (Phi) is 5.68. The van der Waals surface area contributed by atoms with Crippen LogP contribution in [0.4, 0.5) is 0 Å². The number of nitrogens with two attached hydrogens (primary N) is 1. The van der Waals surface area contributed by atoms with Crippen LogP contribution in [0.25, 0.3) is 16.9 Å². The van der Waals surface area contributed by atoms with E-state index in [1.165, 1.54) is 11.0 Å². The van der Waals surface area contributed by atoms with Crippen molar-refractivity contribution < 1.29 is 39.6 Å². The van der Waals surface area contributed by atoms with Crippen molar-refractivity contribution in [1.29, 1.82) is 0 Å². The van der Waals surface area contributed by atoms with Gasteiger partial charge in [0.25, 0.3) is 11.8 Å². The zero-order valence-corrected chi connectivity index (χ0v) is 20.7. The molecule has 0 heterocycles. The molecule has 196 valence electrons. The molecule has 3 aliphatic carbocycles. The van der Waals surface area contributed by atoms with Crippen molar-refractivity contribution in [1.82, 2.24) is 4.90 Å². The number of phenols is 1. The Hall–Kier alpha value is -4.44. The number of carbonyl (C=O) groups excluding carboxylic acids is 4. The molecule has 2 amide bonds. The molecule has 3 atom stereocenters. The Labute approximate surface area is 217 Å². The lowest BCUT2D eigenvalue weighted by Gasteiger charge is -2.46. The van der Waals surface area contributed by atoms with Crippen LogP contribution >= 0.6 is 0 Å². The van der Waals surface area contributed by atoms with Gasteiger partial charge in [-0.2, -0.15) is 0 Å². The second-order valence-electron chi connectivity index (χ2n) is 10.2. The topological polar surface area (TPSA) is 178 Å². The van der Waals surface area contributed by atoms with Gasteiger partial charge in [-0.05, 0) is 53.6 Å². The predicted octanol–water partition coefficient (Wildman–Crippen LogP) is 1.79. The number of carbonyl (C=O) groups is 4. The van der Waals surface area contributed by atoms with Crippen LogP contribution in [-0.4, -0.2) is 68.4 Å². The van der Waals surface area contributed by atoms with Crippen LogP contribution in [0, 0.1) is 11.8 Å². The average molecular weight is 519 g/mol. The first-order valence-electron chi connectivity index (χ1n) is 12.0. The SMILES string of the molecule is CN(C)C(=O)c1cccc(-c2ccc(O)c3c2CC2CC4CC(=O)C(C(N)=O)=C(O)C4(O)C(=O)C2=C3O)c1.